The van der Waals surface area contributed by atoms with Gasteiger partial charge in [-0.2, -0.15) is 0 Å². The molecule has 1 unspecified atom stereocenters. The molecule has 0 bridgehead atoms. The Labute approximate surface area is 127 Å². The van der Waals surface area contributed by atoms with E-state index in [1.807, 2.05) is 18.2 Å². The number of amides is 2. The molecule has 0 spiro atoms. The van der Waals surface area contributed by atoms with E-state index in [1.54, 1.807) is 24.4 Å². The maximum absolute atomic E-state index is 12.6. The number of nitrogens with one attached hydrogen (secondary N) is 2. The number of carbonyl (C=O) groups excluding carboxylic acids is 2. The summed E-state index contributed by atoms with van der Waals surface area (Å²) in [5.41, 5.74) is 1.97. The Morgan fingerprint density at radius 3 is 2.95 bits per heavy atom. The number of para-hydroxylation sites is 1. The van der Waals surface area contributed by atoms with Gasteiger partial charge in [0, 0.05) is 18.3 Å². The molecule has 2 amide bonds. The summed E-state index contributed by atoms with van der Waals surface area (Å²) in [6.45, 7) is 0. The molecule has 0 saturated heterocycles. The Kier molecular flexibility index (Phi) is 3.74. The van der Waals surface area contributed by atoms with Crippen molar-refractivity contribution in [2.75, 3.05) is 17.7 Å². The highest BCUT2D eigenvalue weighted by Gasteiger charge is 2.30. The second-order valence-electron chi connectivity index (χ2n) is 4.94. The van der Waals surface area contributed by atoms with Gasteiger partial charge in [-0.25, -0.2) is 4.98 Å². The second-order valence-corrected chi connectivity index (χ2v) is 4.94. The van der Waals surface area contributed by atoms with Crippen molar-refractivity contribution in [3.8, 4) is 5.88 Å². The quantitative estimate of drug-likeness (QED) is 0.909. The number of rotatable bonds is 3. The van der Waals surface area contributed by atoms with E-state index in [9.17, 15) is 9.59 Å². The summed E-state index contributed by atoms with van der Waals surface area (Å²) in [4.78, 5) is 28.4. The van der Waals surface area contributed by atoms with Crippen molar-refractivity contribution in [2.24, 2.45) is 0 Å². The average Bonchev–Trinajstić information content (AvgIpc) is 2.54. The highest BCUT2D eigenvalue weighted by molar-refractivity contribution is 6.05. The number of hydrogen-bond donors (Lipinski definition) is 2. The first kappa shape index (κ1) is 14.1. The van der Waals surface area contributed by atoms with Gasteiger partial charge in [0.1, 0.15) is 5.69 Å². The van der Waals surface area contributed by atoms with Gasteiger partial charge in [0.15, 0.2) is 0 Å². The van der Waals surface area contributed by atoms with Crippen molar-refractivity contribution in [2.45, 2.75) is 12.3 Å². The molecule has 6 nitrogen and oxygen atoms in total. The number of nitrogens with zero attached hydrogens (tertiary/aromatic N) is 1. The minimum absolute atomic E-state index is 0.116. The van der Waals surface area contributed by atoms with Gasteiger partial charge in [0.05, 0.1) is 13.0 Å². The zero-order chi connectivity index (χ0) is 15.5. The summed E-state index contributed by atoms with van der Waals surface area (Å²) >= 11 is 0. The standard InChI is InChI=1S/C16H15N3O3/c1-22-16-13(7-4-8-17-16)19-15(21)11-9-14(20)18-12-6-3-2-5-10(11)12/h2-8,11H,9H2,1H3,(H,18,20)(H,19,21). The number of ether oxygens (including phenoxy) is 1. The van der Waals surface area contributed by atoms with Crippen LogP contribution in [0.4, 0.5) is 11.4 Å². The minimum Gasteiger partial charge on any atom is -0.480 e. The van der Waals surface area contributed by atoms with E-state index < -0.39 is 5.92 Å². The minimum atomic E-state index is -0.533. The lowest BCUT2D eigenvalue weighted by Crippen LogP contribution is -2.30. The first-order valence-corrected chi connectivity index (χ1v) is 6.87. The van der Waals surface area contributed by atoms with Gasteiger partial charge in [-0.05, 0) is 23.8 Å². The van der Waals surface area contributed by atoms with Gasteiger partial charge in [0.2, 0.25) is 17.7 Å². The summed E-state index contributed by atoms with van der Waals surface area (Å²) in [7, 11) is 1.49. The Balaban J connectivity index is 1.88. The van der Waals surface area contributed by atoms with E-state index in [0.29, 0.717) is 17.3 Å². The fraction of sp³-hybridized carbons (Fsp3) is 0.188. The van der Waals surface area contributed by atoms with Crippen molar-refractivity contribution < 1.29 is 14.3 Å². The van der Waals surface area contributed by atoms with E-state index in [0.717, 1.165) is 5.56 Å². The van der Waals surface area contributed by atoms with Crippen molar-refractivity contribution in [3.63, 3.8) is 0 Å². The SMILES string of the molecule is COc1ncccc1NC(=O)C1CC(=O)Nc2ccccc21. The first-order valence-electron chi connectivity index (χ1n) is 6.87. The van der Waals surface area contributed by atoms with Crippen LogP contribution in [0.1, 0.15) is 17.9 Å². The summed E-state index contributed by atoms with van der Waals surface area (Å²) in [5.74, 6) is -0.620. The lowest BCUT2D eigenvalue weighted by Gasteiger charge is -2.24. The van der Waals surface area contributed by atoms with Gasteiger partial charge in [-0.3, -0.25) is 9.59 Å². The van der Waals surface area contributed by atoms with Gasteiger partial charge < -0.3 is 15.4 Å². The van der Waals surface area contributed by atoms with Gasteiger partial charge in [-0.15, -0.1) is 0 Å². The van der Waals surface area contributed by atoms with E-state index in [-0.39, 0.29) is 18.2 Å². The van der Waals surface area contributed by atoms with Gasteiger partial charge in [-0.1, -0.05) is 18.2 Å². The summed E-state index contributed by atoms with van der Waals surface area (Å²) in [6, 6.07) is 10.7. The number of hydrogen-bond acceptors (Lipinski definition) is 4. The van der Waals surface area contributed by atoms with Crippen LogP contribution < -0.4 is 15.4 Å². The highest BCUT2D eigenvalue weighted by atomic mass is 16.5. The molecule has 1 aliphatic rings. The number of fused-ring (bicyclic) bond motifs is 1. The lowest BCUT2D eigenvalue weighted by atomic mass is 9.90. The molecular formula is C16H15N3O3. The van der Waals surface area contributed by atoms with Crippen molar-refractivity contribution in [1.82, 2.24) is 4.98 Å². The van der Waals surface area contributed by atoms with E-state index >= 15 is 0 Å². The van der Waals surface area contributed by atoms with Gasteiger partial charge >= 0.3 is 0 Å². The van der Waals surface area contributed by atoms with E-state index in [1.165, 1.54) is 7.11 Å². The summed E-state index contributed by atoms with van der Waals surface area (Å²) < 4.78 is 5.12. The van der Waals surface area contributed by atoms with Crippen LogP contribution in [0, 0.1) is 0 Å². The van der Waals surface area contributed by atoms with Crippen molar-refractivity contribution in [3.05, 3.63) is 48.2 Å². The molecule has 22 heavy (non-hydrogen) atoms. The fourth-order valence-corrected chi connectivity index (χ4v) is 2.51. The Hall–Kier alpha value is -2.89. The topological polar surface area (TPSA) is 80.3 Å². The van der Waals surface area contributed by atoms with Crippen LogP contribution in [0.2, 0.25) is 0 Å². The van der Waals surface area contributed by atoms with Crippen LogP contribution in [0.5, 0.6) is 5.88 Å². The molecule has 1 atom stereocenters. The third kappa shape index (κ3) is 2.63. The molecule has 112 valence electrons. The fourth-order valence-electron chi connectivity index (χ4n) is 2.51. The van der Waals surface area contributed by atoms with Crippen LogP contribution in [0.25, 0.3) is 0 Å². The van der Waals surface area contributed by atoms with Crippen LogP contribution >= 0.6 is 0 Å². The van der Waals surface area contributed by atoms with E-state index in [4.69, 9.17) is 4.74 Å². The molecule has 2 N–H and O–H groups in total. The number of anilines is 2. The predicted octanol–water partition coefficient (Wildman–Crippen LogP) is 2.15. The van der Waals surface area contributed by atoms with Crippen molar-refractivity contribution in [1.29, 1.82) is 0 Å². The molecule has 0 aliphatic carbocycles. The first-order chi connectivity index (χ1) is 10.7. The monoisotopic (exact) mass is 297 g/mol. The second kappa shape index (κ2) is 5.85. The Bertz CT molecular complexity index is 730. The average molecular weight is 297 g/mol. The number of benzene rings is 1. The third-order valence-electron chi connectivity index (χ3n) is 3.54. The van der Waals surface area contributed by atoms with Crippen molar-refractivity contribution >= 4 is 23.2 Å². The molecule has 0 saturated carbocycles. The number of carbonyl (C=O) groups is 2. The largest absolute Gasteiger partial charge is 0.480 e. The summed E-state index contributed by atoms with van der Waals surface area (Å²) in [5, 5.41) is 5.56. The molecule has 1 aromatic carbocycles. The maximum Gasteiger partial charge on any atom is 0.237 e. The number of pyridine rings is 1. The summed E-state index contributed by atoms with van der Waals surface area (Å²) in [6.07, 6.45) is 1.70. The zero-order valence-electron chi connectivity index (χ0n) is 12.0. The third-order valence-corrected chi connectivity index (χ3v) is 3.54. The number of aromatic nitrogens is 1. The molecule has 2 heterocycles. The van der Waals surface area contributed by atoms with Crippen LogP contribution in [-0.4, -0.2) is 23.9 Å². The van der Waals surface area contributed by atoms with Crippen LogP contribution in [0.15, 0.2) is 42.6 Å². The Morgan fingerprint density at radius 2 is 2.14 bits per heavy atom. The zero-order valence-corrected chi connectivity index (χ0v) is 12.0. The smallest absolute Gasteiger partial charge is 0.237 e. The molecule has 3 rings (SSSR count). The van der Waals surface area contributed by atoms with Gasteiger partial charge in [0.25, 0.3) is 0 Å². The normalized spacial score (nSPS) is 16.4. The molecule has 0 radical (unpaired) electrons. The molecule has 6 heteroatoms. The lowest BCUT2D eigenvalue weighted by molar-refractivity contribution is -0.123. The molecule has 1 aliphatic heterocycles. The van der Waals surface area contributed by atoms with E-state index in [2.05, 4.69) is 15.6 Å². The van der Waals surface area contributed by atoms with Crippen LogP contribution in [0.3, 0.4) is 0 Å². The molecule has 1 aromatic heterocycles. The van der Waals surface area contributed by atoms with Crippen LogP contribution in [-0.2, 0) is 9.59 Å². The molecule has 2 aromatic rings. The Morgan fingerprint density at radius 1 is 1.32 bits per heavy atom. The molecular weight excluding hydrogens is 282 g/mol. The predicted molar refractivity (Wildman–Crippen MR) is 81.8 cm³/mol. The molecule has 0 fully saturated rings. The maximum atomic E-state index is 12.6. The highest BCUT2D eigenvalue weighted by Crippen LogP contribution is 2.33. The number of methoxy groups -OCH3 is 1.